The number of likely N-dealkylation sites (tertiary alicyclic amines) is 1. The van der Waals surface area contributed by atoms with Crippen LogP contribution in [0.5, 0.6) is 5.75 Å². The van der Waals surface area contributed by atoms with Crippen LogP contribution >= 0.6 is 0 Å². The Bertz CT molecular complexity index is 1250. The molecule has 3 aromatic rings. The lowest BCUT2D eigenvalue weighted by atomic mass is 10.0. The smallest absolute Gasteiger partial charge is 0.239 e. The summed E-state index contributed by atoms with van der Waals surface area (Å²) < 4.78 is 7.35. The Labute approximate surface area is 218 Å². The van der Waals surface area contributed by atoms with Crippen LogP contribution in [0, 0.1) is 0 Å². The highest BCUT2D eigenvalue weighted by Crippen LogP contribution is 2.30. The van der Waals surface area contributed by atoms with Crippen LogP contribution in [0.4, 0.5) is 0 Å². The van der Waals surface area contributed by atoms with Crippen LogP contribution in [0.1, 0.15) is 30.4 Å². The van der Waals surface area contributed by atoms with Gasteiger partial charge in [-0.15, -0.1) is 0 Å². The van der Waals surface area contributed by atoms with E-state index in [0.717, 1.165) is 30.8 Å². The van der Waals surface area contributed by atoms with E-state index < -0.39 is 0 Å². The number of hydrogen-bond donors (Lipinski definition) is 2. The molecule has 37 heavy (non-hydrogen) atoms. The predicted octanol–water partition coefficient (Wildman–Crippen LogP) is 2.66. The number of benzene rings is 2. The zero-order chi connectivity index (χ0) is 25.9. The molecule has 2 aliphatic heterocycles. The second-order valence-electron chi connectivity index (χ2n) is 10.3. The molecule has 3 heterocycles. The third-order valence-electron chi connectivity index (χ3n) is 8.06. The van der Waals surface area contributed by atoms with Crippen molar-refractivity contribution in [1.82, 2.24) is 25.0 Å². The van der Waals surface area contributed by atoms with E-state index in [1.807, 2.05) is 24.3 Å². The van der Waals surface area contributed by atoms with Crippen molar-refractivity contribution >= 4 is 22.7 Å². The maximum Gasteiger partial charge on any atom is 0.239 e. The van der Waals surface area contributed by atoms with Crippen molar-refractivity contribution in [1.29, 1.82) is 0 Å². The number of likely N-dealkylation sites (N-methyl/N-ethyl adjacent to an activating group) is 1. The van der Waals surface area contributed by atoms with Crippen LogP contribution in [-0.2, 0) is 29.7 Å². The normalized spacial score (nSPS) is 22.5. The molecule has 5 rings (SSSR count). The van der Waals surface area contributed by atoms with Crippen molar-refractivity contribution < 1.29 is 14.3 Å². The SMILES string of the molecule is COc1ccc(CNC(=O)CC[C@H]2CNC(=O)[C@@H]3[C@H](CCN3Cc3cn(C)c4ccccc34)N2C)cc1. The lowest BCUT2D eigenvalue weighted by Gasteiger charge is -2.33. The molecule has 2 N–H and O–H groups in total. The summed E-state index contributed by atoms with van der Waals surface area (Å²) >= 11 is 0. The number of hydrogen-bond acceptors (Lipinski definition) is 5. The van der Waals surface area contributed by atoms with Gasteiger partial charge >= 0.3 is 0 Å². The lowest BCUT2D eigenvalue weighted by molar-refractivity contribution is -0.126. The van der Waals surface area contributed by atoms with Gasteiger partial charge in [0.2, 0.25) is 11.8 Å². The minimum atomic E-state index is -0.183. The average Bonchev–Trinajstić information content (AvgIpc) is 3.45. The summed E-state index contributed by atoms with van der Waals surface area (Å²) in [6, 6.07) is 16.2. The summed E-state index contributed by atoms with van der Waals surface area (Å²) in [5.74, 6) is 0.927. The van der Waals surface area contributed by atoms with E-state index in [2.05, 4.69) is 69.6 Å². The molecular weight excluding hydrogens is 466 g/mol. The summed E-state index contributed by atoms with van der Waals surface area (Å²) in [6.07, 6.45) is 4.26. The highest BCUT2D eigenvalue weighted by atomic mass is 16.5. The first kappa shape index (κ1) is 25.3. The first-order chi connectivity index (χ1) is 17.9. The molecule has 0 bridgehead atoms. The van der Waals surface area contributed by atoms with Crippen molar-refractivity contribution in [2.75, 3.05) is 27.2 Å². The molecule has 0 radical (unpaired) electrons. The molecule has 8 heteroatoms. The molecule has 196 valence electrons. The molecule has 8 nitrogen and oxygen atoms in total. The molecule has 0 spiro atoms. The predicted molar refractivity (Wildman–Crippen MR) is 144 cm³/mol. The van der Waals surface area contributed by atoms with Gasteiger partial charge in [-0.1, -0.05) is 30.3 Å². The molecule has 0 unspecified atom stereocenters. The van der Waals surface area contributed by atoms with Gasteiger partial charge in [0, 0.05) is 68.8 Å². The number of nitrogens with one attached hydrogen (secondary N) is 2. The lowest BCUT2D eigenvalue weighted by Crippen LogP contribution is -2.49. The summed E-state index contributed by atoms with van der Waals surface area (Å²) in [6.45, 7) is 2.69. The topological polar surface area (TPSA) is 78.8 Å². The van der Waals surface area contributed by atoms with Crippen molar-refractivity contribution in [2.45, 2.75) is 50.5 Å². The number of ether oxygens (including phenoxy) is 1. The van der Waals surface area contributed by atoms with Crippen LogP contribution < -0.4 is 15.4 Å². The number of rotatable bonds is 8. The van der Waals surface area contributed by atoms with Crippen LogP contribution in [0.2, 0.25) is 0 Å². The van der Waals surface area contributed by atoms with Gasteiger partial charge in [-0.2, -0.15) is 0 Å². The fourth-order valence-corrected chi connectivity index (χ4v) is 5.93. The van der Waals surface area contributed by atoms with E-state index in [4.69, 9.17) is 4.74 Å². The highest BCUT2D eigenvalue weighted by molar-refractivity contribution is 5.85. The maximum absolute atomic E-state index is 13.2. The number of carbonyl (C=O) groups is 2. The van der Waals surface area contributed by atoms with E-state index in [-0.39, 0.29) is 29.9 Å². The first-order valence-corrected chi connectivity index (χ1v) is 13.1. The standard InChI is InChI=1S/C29H37N5O3/c1-32-18-21(24-6-4-5-7-25(24)32)19-34-15-14-26-28(34)29(36)31-17-22(33(26)2)10-13-27(35)30-16-20-8-11-23(37-3)12-9-20/h4-9,11-12,18,22,26,28H,10,13-17,19H2,1-3H3,(H,30,35)(H,31,36)/t22-,26-,28-/m0/s1. The van der Waals surface area contributed by atoms with Crippen molar-refractivity contribution in [3.05, 3.63) is 65.9 Å². The van der Waals surface area contributed by atoms with Crippen LogP contribution in [0.3, 0.4) is 0 Å². The second kappa shape index (κ2) is 10.9. The van der Waals surface area contributed by atoms with Crippen molar-refractivity contribution in [3.63, 3.8) is 0 Å². The fraction of sp³-hybridized carbons (Fsp3) is 0.448. The molecule has 0 saturated carbocycles. The van der Waals surface area contributed by atoms with Crippen LogP contribution in [0.25, 0.3) is 10.9 Å². The summed E-state index contributed by atoms with van der Waals surface area (Å²) in [5.41, 5.74) is 3.50. The molecule has 2 saturated heterocycles. The zero-order valence-corrected chi connectivity index (χ0v) is 21.9. The number of para-hydroxylation sites is 1. The zero-order valence-electron chi connectivity index (χ0n) is 21.9. The van der Waals surface area contributed by atoms with Gasteiger partial charge in [0.25, 0.3) is 0 Å². The van der Waals surface area contributed by atoms with Gasteiger partial charge in [-0.05, 0) is 49.2 Å². The Hall–Kier alpha value is -3.36. The van der Waals surface area contributed by atoms with Crippen LogP contribution in [0.15, 0.2) is 54.7 Å². The number of nitrogens with zero attached hydrogens (tertiary/aromatic N) is 3. The van der Waals surface area contributed by atoms with Gasteiger partial charge in [0.15, 0.2) is 0 Å². The largest absolute Gasteiger partial charge is 0.497 e. The highest BCUT2D eigenvalue weighted by Gasteiger charge is 2.45. The monoisotopic (exact) mass is 503 g/mol. The minimum Gasteiger partial charge on any atom is -0.497 e. The summed E-state index contributed by atoms with van der Waals surface area (Å²) in [7, 11) is 5.82. The fourth-order valence-electron chi connectivity index (χ4n) is 5.93. The van der Waals surface area contributed by atoms with E-state index >= 15 is 0 Å². The van der Waals surface area contributed by atoms with Crippen molar-refractivity contribution in [2.24, 2.45) is 7.05 Å². The average molecular weight is 504 g/mol. The van der Waals surface area contributed by atoms with E-state index in [9.17, 15) is 9.59 Å². The third-order valence-corrected chi connectivity index (χ3v) is 8.06. The molecule has 0 aliphatic carbocycles. The number of fused-ring (bicyclic) bond motifs is 2. The van der Waals surface area contributed by atoms with E-state index in [1.54, 1.807) is 7.11 Å². The number of carbonyl (C=O) groups excluding carboxylic acids is 2. The maximum atomic E-state index is 13.2. The van der Waals surface area contributed by atoms with Gasteiger partial charge in [0.05, 0.1) is 7.11 Å². The number of methoxy groups -OCH3 is 1. The Morgan fingerprint density at radius 2 is 1.92 bits per heavy atom. The molecule has 1 aromatic heterocycles. The van der Waals surface area contributed by atoms with Gasteiger partial charge < -0.3 is 19.9 Å². The second-order valence-corrected chi connectivity index (χ2v) is 10.3. The summed E-state index contributed by atoms with van der Waals surface area (Å²) in [4.78, 5) is 30.5. The molecule has 3 atom stereocenters. The third kappa shape index (κ3) is 5.36. The quantitative estimate of drug-likeness (QED) is 0.494. The number of aromatic nitrogens is 1. The minimum absolute atomic E-state index is 0.0281. The van der Waals surface area contributed by atoms with Gasteiger partial charge in [-0.3, -0.25) is 19.4 Å². The first-order valence-electron chi connectivity index (χ1n) is 13.1. The Morgan fingerprint density at radius 1 is 1.14 bits per heavy atom. The molecule has 2 aliphatic rings. The van der Waals surface area contributed by atoms with Crippen molar-refractivity contribution in [3.8, 4) is 5.75 Å². The Kier molecular flexibility index (Phi) is 7.48. The number of amides is 2. The van der Waals surface area contributed by atoms with Gasteiger partial charge in [0.1, 0.15) is 11.8 Å². The number of aryl methyl sites for hydroxylation is 1. The van der Waals surface area contributed by atoms with Gasteiger partial charge in [-0.25, -0.2) is 0 Å². The molecular formula is C29H37N5O3. The summed E-state index contributed by atoms with van der Waals surface area (Å²) in [5, 5.41) is 7.44. The molecule has 2 amide bonds. The van der Waals surface area contributed by atoms with E-state index in [0.29, 0.717) is 25.9 Å². The molecule has 2 fully saturated rings. The van der Waals surface area contributed by atoms with Crippen LogP contribution in [-0.4, -0.2) is 71.6 Å². The Morgan fingerprint density at radius 3 is 2.70 bits per heavy atom. The molecule has 2 aromatic carbocycles. The van der Waals surface area contributed by atoms with E-state index in [1.165, 1.54) is 16.5 Å². The Balaban J connectivity index is 1.18.